The highest BCUT2D eigenvalue weighted by atomic mass is 19.4. The maximum Gasteiger partial charge on any atom is 0.416 e. The van der Waals surface area contributed by atoms with E-state index in [2.05, 4.69) is 5.32 Å². The fourth-order valence-electron chi connectivity index (χ4n) is 4.53. The highest BCUT2D eigenvalue weighted by Gasteiger charge is 2.41. The molecule has 0 aliphatic carbocycles. The van der Waals surface area contributed by atoms with Gasteiger partial charge in [0.1, 0.15) is 0 Å². The van der Waals surface area contributed by atoms with E-state index < -0.39 is 76.9 Å². The van der Waals surface area contributed by atoms with Crippen LogP contribution in [0.2, 0.25) is 0 Å². The number of fused-ring (bicyclic) bond motifs is 1. The molecule has 1 aliphatic rings. The third kappa shape index (κ3) is 6.88. The maximum atomic E-state index is 13.6. The van der Waals surface area contributed by atoms with Crippen LogP contribution in [-0.4, -0.2) is 24.0 Å². The zero-order valence-corrected chi connectivity index (χ0v) is 21.6. The SMILES string of the molecule is CC(=O)C(N[C@H]1C[C@@H](C)N(C(=O)OC(C)C)c2ccc(C(F)(F)F)cc21)c1cc(C(F)(F)F)cc(C(F)(F)F)c1. The summed E-state index contributed by atoms with van der Waals surface area (Å²) in [6, 6.07) is -0.503. The molecule has 1 amide bonds. The molecule has 1 aliphatic heterocycles. The van der Waals surface area contributed by atoms with Crippen LogP contribution in [0.1, 0.15) is 74.0 Å². The number of Topliss-reactive ketones (excluding diaryl/α,β-unsaturated/α-hetero) is 1. The normalized spacial score (nSPS) is 18.9. The lowest BCUT2D eigenvalue weighted by Crippen LogP contribution is -2.47. The standard InChI is InChI=1S/C26H25F9N2O3/c1-12(2)40-23(39)37-13(3)7-20(19-11-16(24(27,28)29)5-6-21(19)37)36-22(14(4)38)15-8-17(25(30,31)32)10-18(9-15)26(33,34)35/h5-6,8-13,20,22,36H,7H2,1-4H3/t13-,20+,22?/m1/s1. The molecule has 0 bridgehead atoms. The molecule has 5 nitrogen and oxygen atoms in total. The summed E-state index contributed by atoms with van der Waals surface area (Å²) in [7, 11) is 0. The van der Waals surface area contributed by atoms with Gasteiger partial charge in [0.05, 0.1) is 34.5 Å². The van der Waals surface area contributed by atoms with Gasteiger partial charge in [-0.2, -0.15) is 39.5 Å². The second-order valence-corrected chi connectivity index (χ2v) is 9.76. The summed E-state index contributed by atoms with van der Waals surface area (Å²) in [5.74, 6) is -0.879. The van der Waals surface area contributed by atoms with Crippen molar-refractivity contribution in [3.05, 3.63) is 64.2 Å². The Balaban J connectivity index is 2.15. The molecule has 3 atom stereocenters. The Morgan fingerprint density at radius 3 is 1.85 bits per heavy atom. The number of carbonyl (C=O) groups excluding carboxylic acids is 2. The van der Waals surface area contributed by atoms with Crippen molar-refractivity contribution in [1.82, 2.24) is 5.32 Å². The number of carbonyl (C=O) groups is 2. The van der Waals surface area contributed by atoms with Crippen molar-refractivity contribution in [3.8, 4) is 0 Å². The van der Waals surface area contributed by atoms with Crippen LogP contribution in [0.3, 0.4) is 0 Å². The topological polar surface area (TPSA) is 58.6 Å². The summed E-state index contributed by atoms with van der Waals surface area (Å²) in [5.41, 5.74) is -5.23. The molecule has 40 heavy (non-hydrogen) atoms. The van der Waals surface area contributed by atoms with Crippen molar-refractivity contribution in [2.45, 2.75) is 76.9 Å². The monoisotopic (exact) mass is 584 g/mol. The first-order valence-corrected chi connectivity index (χ1v) is 12.0. The molecule has 0 saturated carbocycles. The number of hydrogen-bond acceptors (Lipinski definition) is 4. The number of hydrogen-bond donors (Lipinski definition) is 1. The number of rotatable bonds is 5. The third-order valence-corrected chi connectivity index (χ3v) is 6.26. The maximum absolute atomic E-state index is 13.6. The molecule has 0 fully saturated rings. The van der Waals surface area contributed by atoms with Gasteiger partial charge in [-0.15, -0.1) is 0 Å². The van der Waals surface area contributed by atoms with Crippen molar-refractivity contribution < 1.29 is 53.8 Å². The van der Waals surface area contributed by atoms with Crippen LogP contribution in [0.5, 0.6) is 0 Å². The summed E-state index contributed by atoms with van der Waals surface area (Å²) in [6.45, 7) is 5.58. The van der Waals surface area contributed by atoms with Crippen LogP contribution < -0.4 is 10.2 Å². The molecule has 3 rings (SSSR count). The highest BCUT2D eigenvalue weighted by molar-refractivity contribution is 5.90. The minimum atomic E-state index is -5.18. The van der Waals surface area contributed by atoms with Gasteiger partial charge in [-0.1, -0.05) is 0 Å². The van der Waals surface area contributed by atoms with Crippen molar-refractivity contribution in [2.24, 2.45) is 0 Å². The van der Waals surface area contributed by atoms with Gasteiger partial charge in [0.2, 0.25) is 0 Å². The van der Waals surface area contributed by atoms with E-state index in [4.69, 9.17) is 4.74 Å². The summed E-state index contributed by atoms with van der Waals surface area (Å²) < 4.78 is 127. The highest BCUT2D eigenvalue weighted by Crippen LogP contribution is 2.43. The van der Waals surface area contributed by atoms with Crippen molar-refractivity contribution >= 4 is 17.6 Å². The molecule has 0 radical (unpaired) electrons. The summed E-state index contributed by atoms with van der Waals surface area (Å²) >= 11 is 0. The van der Waals surface area contributed by atoms with Gasteiger partial charge >= 0.3 is 24.6 Å². The minimum absolute atomic E-state index is 0.0165. The molecule has 0 spiro atoms. The number of ketones is 1. The Kier molecular flexibility index (Phi) is 8.54. The molecule has 0 aromatic heterocycles. The number of benzene rings is 2. The number of amides is 1. The number of nitrogens with one attached hydrogen (secondary N) is 1. The van der Waals surface area contributed by atoms with Gasteiger partial charge < -0.3 is 4.74 Å². The summed E-state index contributed by atoms with van der Waals surface area (Å²) in [5, 5.41) is 2.66. The van der Waals surface area contributed by atoms with E-state index in [9.17, 15) is 49.1 Å². The third-order valence-electron chi connectivity index (χ3n) is 6.26. The first-order valence-electron chi connectivity index (χ1n) is 12.0. The minimum Gasteiger partial charge on any atom is -0.446 e. The van der Waals surface area contributed by atoms with Crippen LogP contribution in [-0.2, 0) is 28.1 Å². The van der Waals surface area contributed by atoms with Crippen LogP contribution in [0, 0.1) is 0 Å². The van der Waals surface area contributed by atoms with Gasteiger partial charge in [0.15, 0.2) is 5.78 Å². The van der Waals surface area contributed by atoms with Crippen LogP contribution in [0.25, 0.3) is 0 Å². The number of ether oxygens (including phenoxy) is 1. The van der Waals surface area contributed by atoms with E-state index in [1.807, 2.05) is 0 Å². The van der Waals surface area contributed by atoms with E-state index in [0.29, 0.717) is 12.1 Å². The average Bonchev–Trinajstić information content (AvgIpc) is 2.79. The van der Waals surface area contributed by atoms with Crippen LogP contribution in [0.15, 0.2) is 36.4 Å². The van der Waals surface area contributed by atoms with E-state index in [1.165, 1.54) is 6.92 Å². The lowest BCUT2D eigenvalue weighted by molar-refractivity contribution is -0.143. The Morgan fingerprint density at radius 1 is 0.875 bits per heavy atom. The Labute approximate surface area is 223 Å². The van der Waals surface area contributed by atoms with Gasteiger partial charge in [-0.05, 0) is 81.6 Å². The second-order valence-electron chi connectivity index (χ2n) is 9.76. The molecule has 14 heteroatoms. The van der Waals surface area contributed by atoms with E-state index in [-0.39, 0.29) is 23.7 Å². The molecule has 1 unspecified atom stereocenters. The Bertz CT molecular complexity index is 1240. The van der Waals surface area contributed by atoms with E-state index in [0.717, 1.165) is 30.0 Å². The van der Waals surface area contributed by atoms with Crippen molar-refractivity contribution in [3.63, 3.8) is 0 Å². The molecule has 1 N–H and O–H groups in total. The lowest BCUT2D eigenvalue weighted by atomic mass is 9.88. The second kappa shape index (κ2) is 10.9. The lowest BCUT2D eigenvalue weighted by Gasteiger charge is -2.40. The zero-order chi connectivity index (χ0) is 30.4. The molecular formula is C26H25F9N2O3. The molecule has 2 aromatic rings. The Hall–Kier alpha value is -3.29. The predicted molar refractivity (Wildman–Crippen MR) is 125 cm³/mol. The zero-order valence-electron chi connectivity index (χ0n) is 21.6. The first kappa shape index (κ1) is 31.2. The van der Waals surface area contributed by atoms with Gasteiger partial charge in [-0.25, -0.2) is 4.79 Å². The smallest absolute Gasteiger partial charge is 0.416 e. The quantitative estimate of drug-likeness (QED) is 0.364. The summed E-state index contributed by atoms with van der Waals surface area (Å²) in [6.07, 6.45) is -16.7. The van der Waals surface area contributed by atoms with Gasteiger partial charge in [-0.3, -0.25) is 15.0 Å². The molecule has 2 aromatic carbocycles. The number of halogens is 9. The van der Waals surface area contributed by atoms with Crippen molar-refractivity contribution in [2.75, 3.05) is 4.90 Å². The van der Waals surface area contributed by atoms with E-state index in [1.54, 1.807) is 13.8 Å². The van der Waals surface area contributed by atoms with Gasteiger partial charge in [0.25, 0.3) is 0 Å². The molecule has 0 saturated heterocycles. The summed E-state index contributed by atoms with van der Waals surface area (Å²) in [4.78, 5) is 26.5. The molecular weight excluding hydrogens is 559 g/mol. The molecule has 1 heterocycles. The fourth-order valence-corrected chi connectivity index (χ4v) is 4.53. The van der Waals surface area contributed by atoms with Gasteiger partial charge in [0, 0.05) is 12.1 Å². The average molecular weight is 584 g/mol. The van der Waals surface area contributed by atoms with Crippen LogP contribution >= 0.6 is 0 Å². The first-order chi connectivity index (χ1) is 18.2. The van der Waals surface area contributed by atoms with E-state index >= 15 is 0 Å². The molecule has 220 valence electrons. The predicted octanol–water partition coefficient (Wildman–Crippen LogP) is 7.85. The Morgan fingerprint density at radius 2 is 1.40 bits per heavy atom. The van der Waals surface area contributed by atoms with Crippen LogP contribution in [0.4, 0.5) is 50.0 Å². The number of anilines is 1. The number of alkyl halides is 9. The van der Waals surface area contributed by atoms with Crippen molar-refractivity contribution in [1.29, 1.82) is 0 Å². The number of nitrogens with zero attached hydrogens (tertiary/aromatic N) is 1. The fraction of sp³-hybridized carbons (Fsp3) is 0.462. The largest absolute Gasteiger partial charge is 0.446 e.